The molecule has 0 aliphatic heterocycles. The van der Waals surface area contributed by atoms with Crippen molar-refractivity contribution in [2.75, 3.05) is 0 Å². The first-order valence-corrected chi connectivity index (χ1v) is 6.81. The first-order valence-electron chi connectivity index (χ1n) is 6.01. The van der Waals surface area contributed by atoms with Crippen molar-refractivity contribution >= 4 is 15.9 Å². The summed E-state index contributed by atoms with van der Waals surface area (Å²) >= 11 is 3.49. The Balaban J connectivity index is 2.17. The summed E-state index contributed by atoms with van der Waals surface area (Å²) in [5, 5.41) is 7.52. The van der Waals surface area contributed by atoms with E-state index in [0.717, 1.165) is 27.9 Å². The predicted molar refractivity (Wildman–Crippen MR) is 74.9 cm³/mol. The van der Waals surface area contributed by atoms with Gasteiger partial charge in [0.1, 0.15) is 23.7 Å². The number of halogens is 1. The molecule has 0 saturated heterocycles. The summed E-state index contributed by atoms with van der Waals surface area (Å²) in [5.41, 5.74) is 8.35. The van der Waals surface area contributed by atoms with E-state index in [2.05, 4.69) is 30.9 Å². The van der Waals surface area contributed by atoms with E-state index in [4.69, 9.17) is 10.5 Å². The molecule has 1 heterocycles. The summed E-state index contributed by atoms with van der Waals surface area (Å²) < 4.78 is 11.4. The highest BCUT2D eigenvalue weighted by atomic mass is 79.9. The molecule has 1 unspecified atom stereocenters. The molecule has 0 bridgehead atoms. The Bertz CT molecular complexity index is 555. The fraction of sp³-hybridized carbons (Fsp3) is 0.385. The quantitative estimate of drug-likeness (QED) is 0.914. The van der Waals surface area contributed by atoms with Crippen molar-refractivity contribution in [2.24, 2.45) is 5.73 Å². The Morgan fingerprint density at radius 3 is 2.84 bits per heavy atom. The molecule has 0 spiro atoms. The SMILES string of the molecule is Cc1nonc1COc1c(Br)cccc1CC(C)N. The second-order valence-electron chi connectivity index (χ2n) is 4.49. The molecule has 0 aliphatic carbocycles. The van der Waals surface area contributed by atoms with Gasteiger partial charge in [0.15, 0.2) is 0 Å². The number of aryl methyl sites for hydroxylation is 1. The number of hydrogen-bond acceptors (Lipinski definition) is 5. The standard InChI is InChI=1S/C13H16BrN3O2/c1-8(15)6-10-4-3-5-11(14)13(10)18-7-12-9(2)16-19-17-12/h3-5,8H,6-7,15H2,1-2H3. The van der Waals surface area contributed by atoms with Crippen molar-refractivity contribution in [3.05, 3.63) is 39.6 Å². The van der Waals surface area contributed by atoms with E-state index >= 15 is 0 Å². The third-order valence-corrected chi connectivity index (χ3v) is 3.31. The Morgan fingerprint density at radius 1 is 1.42 bits per heavy atom. The molecule has 6 heteroatoms. The molecule has 1 aromatic carbocycles. The van der Waals surface area contributed by atoms with E-state index in [0.29, 0.717) is 12.3 Å². The van der Waals surface area contributed by atoms with Crippen molar-refractivity contribution in [3.8, 4) is 5.75 Å². The summed E-state index contributed by atoms with van der Waals surface area (Å²) in [6, 6.07) is 6.00. The van der Waals surface area contributed by atoms with E-state index in [1.807, 2.05) is 32.0 Å². The molecule has 2 rings (SSSR count). The fourth-order valence-corrected chi connectivity index (χ4v) is 2.27. The number of ether oxygens (including phenoxy) is 1. The number of aromatic nitrogens is 2. The number of nitrogens with two attached hydrogens (primary N) is 1. The maximum atomic E-state index is 5.85. The second kappa shape index (κ2) is 6.16. The van der Waals surface area contributed by atoms with Crippen LogP contribution >= 0.6 is 15.9 Å². The molecule has 5 nitrogen and oxygen atoms in total. The van der Waals surface area contributed by atoms with E-state index in [1.165, 1.54) is 0 Å². The molecule has 0 radical (unpaired) electrons. The zero-order valence-electron chi connectivity index (χ0n) is 10.9. The predicted octanol–water partition coefficient (Wildman–Crippen LogP) is 2.61. The molecular weight excluding hydrogens is 310 g/mol. The number of rotatable bonds is 5. The molecule has 0 fully saturated rings. The van der Waals surface area contributed by atoms with Gasteiger partial charge in [0.25, 0.3) is 0 Å². The van der Waals surface area contributed by atoms with Crippen LogP contribution in [0.3, 0.4) is 0 Å². The monoisotopic (exact) mass is 325 g/mol. The summed E-state index contributed by atoms with van der Waals surface area (Å²) in [7, 11) is 0. The molecule has 2 N–H and O–H groups in total. The van der Waals surface area contributed by atoms with E-state index < -0.39 is 0 Å². The van der Waals surface area contributed by atoms with Crippen molar-refractivity contribution in [3.63, 3.8) is 0 Å². The first kappa shape index (κ1) is 14.0. The Labute approximate surface area is 120 Å². The Morgan fingerprint density at radius 2 is 2.21 bits per heavy atom. The van der Waals surface area contributed by atoms with Crippen LogP contribution in [0.2, 0.25) is 0 Å². The third kappa shape index (κ3) is 3.54. The largest absolute Gasteiger partial charge is 0.486 e. The van der Waals surface area contributed by atoms with Crippen LogP contribution in [0.15, 0.2) is 27.3 Å². The topological polar surface area (TPSA) is 74.2 Å². The number of benzene rings is 1. The van der Waals surface area contributed by atoms with Gasteiger partial charge in [-0.15, -0.1) is 0 Å². The average Bonchev–Trinajstić information content (AvgIpc) is 2.73. The van der Waals surface area contributed by atoms with Crippen LogP contribution in [0.5, 0.6) is 5.75 Å². The van der Waals surface area contributed by atoms with Crippen molar-refractivity contribution < 1.29 is 9.37 Å². The maximum absolute atomic E-state index is 5.85. The fourth-order valence-electron chi connectivity index (χ4n) is 1.74. The highest BCUT2D eigenvalue weighted by Crippen LogP contribution is 2.30. The number of para-hydroxylation sites is 1. The van der Waals surface area contributed by atoms with Gasteiger partial charge in [-0.2, -0.15) is 0 Å². The molecule has 0 saturated carbocycles. The van der Waals surface area contributed by atoms with Gasteiger partial charge in [-0.3, -0.25) is 0 Å². The van der Waals surface area contributed by atoms with E-state index in [1.54, 1.807) is 0 Å². The van der Waals surface area contributed by atoms with Crippen LogP contribution in [0.4, 0.5) is 0 Å². The van der Waals surface area contributed by atoms with Gasteiger partial charge in [-0.1, -0.05) is 22.4 Å². The average molecular weight is 326 g/mol. The first-order chi connectivity index (χ1) is 9.08. The highest BCUT2D eigenvalue weighted by Gasteiger charge is 2.12. The lowest BCUT2D eigenvalue weighted by atomic mass is 10.1. The molecule has 0 amide bonds. The Hall–Kier alpha value is -1.40. The molecule has 1 atom stereocenters. The van der Waals surface area contributed by atoms with Crippen LogP contribution in [-0.4, -0.2) is 16.4 Å². The summed E-state index contributed by atoms with van der Waals surface area (Å²) in [6.07, 6.45) is 0.755. The van der Waals surface area contributed by atoms with Crippen LogP contribution in [0.1, 0.15) is 23.9 Å². The molecule has 19 heavy (non-hydrogen) atoms. The molecule has 2 aromatic rings. The van der Waals surface area contributed by atoms with E-state index in [-0.39, 0.29) is 6.04 Å². The summed E-state index contributed by atoms with van der Waals surface area (Å²) in [5.74, 6) is 0.794. The van der Waals surface area contributed by atoms with Crippen molar-refractivity contribution in [1.82, 2.24) is 10.3 Å². The zero-order chi connectivity index (χ0) is 13.8. The molecule has 102 valence electrons. The van der Waals surface area contributed by atoms with Gasteiger partial charge >= 0.3 is 0 Å². The third-order valence-electron chi connectivity index (χ3n) is 2.69. The minimum absolute atomic E-state index is 0.0760. The second-order valence-corrected chi connectivity index (χ2v) is 5.35. The van der Waals surface area contributed by atoms with Gasteiger partial charge in [-0.25, -0.2) is 4.63 Å². The van der Waals surface area contributed by atoms with Crippen molar-refractivity contribution in [1.29, 1.82) is 0 Å². The van der Waals surface area contributed by atoms with Gasteiger partial charge in [0, 0.05) is 6.04 Å². The lowest BCUT2D eigenvalue weighted by molar-refractivity contribution is 0.267. The van der Waals surface area contributed by atoms with Crippen molar-refractivity contribution in [2.45, 2.75) is 32.9 Å². The minimum atomic E-state index is 0.0760. The summed E-state index contributed by atoms with van der Waals surface area (Å²) in [6.45, 7) is 4.12. The Kier molecular flexibility index (Phi) is 4.55. The van der Waals surface area contributed by atoms with Gasteiger partial charge in [0.2, 0.25) is 0 Å². The summed E-state index contributed by atoms with van der Waals surface area (Å²) in [4.78, 5) is 0. The lowest BCUT2D eigenvalue weighted by Gasteiger charge is -2.14. The van der Waals surface area contributed by atoms with Gasteiger partial charge in [0.05, 0.1) is 4.47 Å². The van der Waals surface area contributed by atoms with Crippen LogP contribution < -0.4 is 10.5 Å². The number of nitrogens with zero attached hydrogens (tertiary/aromatic N) is 2. The van der Waals surface area contributed by atoms with Gasteiger partial charge < -0.3 is 10.5 Å². The number of hydrogen-bond donors (Lipinski definition) is 1. The highest BCUT2D eigenvalue weighted by molar-refractivity contribution is 9.10. The normalized spacial score (nSPS) is 12.4. The molecule has 1 aromatic heterocycles. The zero-order valence-corrected chi connectivity index (χ0v) is 12.5. The molecule has 0 aliphatic rings. The molecular formula is C13H16BrN3O2. The minimum Gasteiger partial charge on any atom is -0.486 e. The lowest BCUT2D eigenvalue weighted by Crippen LogP contribution is -2.18. The van der Waals surface area contributed by atoms with E-state index in [9.17, 15) is 0 Å². The smallest absolute Gasteiger partial charge is 0.145 e. The van der Waals surface area contributed by atoms with Crippen LogP contribution in [0, 0.1) is 6.92 Å². The van der Waals surface area contributed by atoms with Gasteiger partial charge in [-0.05, 0) is 47.8 Å². The maximum Gasteiger partial charge on any atom is 0.145 e. The van der Waals surface area contributed by atoms with Crippen LogP contribution in [0.25, 0.3) is 0 Å². The van der Waals surface area contributed by atoms with Crippen LogP contribution in [-0.2, 0) is 13.0 Å².